The summed E-state index contributed by atoms with van der Waals surface area (Å²) in [5.74, 6) is 0. The maximum atomic E-state index is 5.41. The van der Waals surface area contributed by atoms with Gasteiger partial charge in [0, 0.05) is 26.4 Å². The third-order valence-corrected chi connectivity index (χ3v) is 2.31. The smallest absolute Gasteiger partial charge is 0.0478 e. The number of unbranched alkanes of at least 4 members (excludes halogenated alkanes) is 3. The lowest BCUT2D eigenvalue weighted by atomic mass is 10.2. The van der Waals surface area contributed by atoms with Gasteiger partial charge < -0.3 is 20.9 Å². The molecule has 0 heterocycles. The average molecular weight is 232 g/mol. The van der Waals surface area contributed by atoms with Crippen LogP contribution in [0, 0.1) is 0 Å². The highest BCUT2D eigenvalue weighted by atomic mass is 16.5. The van der Waals surface area contributed by atoms with E-state index in [-0.39, 0.29) is 0 Å². The largest absolute Gasteiger partial charge is 0.381 e. The first-order chi connectivity index (χ1) is 7.91. The van der Waals surface area contributed by atoms with Gasteiger partial charge in [0.2, 0.25) is 0 Å². The molecule has 0 aliphatic rings. The molecule has 0 bridgehead atoms. The van der Waals surface area contributed by atoms with Crippen LogP contribution < -0.4 is 11.5 Å². The molecule has 0 amide bonds. The molecule has 4 N–H and O–H groups in total. The Balaban J connectivity index is 2.83. The molecule has 0 fully saturated rings. The van der Waals surface area contributed by atoms with Gasteiger partial charge in [-0.05, 0) is 38.8 Å². The lowest BCUT2D eigenvalue weighted by Gasteiger charge is -2.04. The van der Waals surface area contributed by atoms with E-state index < -0.39 is 0 Å². The van der Waals surface area contributed by atoms with Crippen LogP contribution in [0.3, 0.4) is 0 Å². The van der Waals surface area contributed by atoms with Crippen molar-refractivity contribution in [3.63, 3.8) is 0 Å². The zero-order chi connectivity index (χ0) is 11.9. The summed E-state index contributed by atoms with van der Waals surface area (Å²) in [4.78, 5) is 0. The van der Waals surface area contributed by atoms with Crippen LogP contribution in [0.15, 0.2) is 0 Å². The third-order valence-electron chi connectivity index (χ3n) is 2.31. The van der Waals surface area contributed by atoms with E-state index in [1.165, 1.54) is 12.8 Å². The summed E-state index contributed by atoms with van der Waals surface area (Å²) in [6.45, 7) is 4.79. The molecule has 0 spiro atoms. The van der Waals surface area contributed by atoms with Gasteiger partial charge in [-0.1, -0.05) is 12.8 Å². The van der Waals surface area contributed by atoms with E-state index in [1.807, 2.05) is 0 Å². The first kappa shape index (κ1) is 15.8. The minimum Gasteiger partial charge on any atom is -0.381 e. The Kier molecular flexibility index (Phi) is 14.7. The first-order valence-electron chi connectivity index (χ1n) is 6.47. The van der Waals surface area contributed by atoms with Crippen LogP contribution in [0.25, 0.3) is 0 Å². The molecule has 0 aliphatic carbocycles. The summed E-state index contributed by atoms with van der Waals surface area (Å²) in [5, 5.41) is 0. The maximum absolute atomic E-state index is 5.41. The summed E-state index contributed by atoms with van der Waals surface area (Å²) >= 11 is 0. The van der Waals surface area contributed by atoms with Crippen molar-refractivity contribution in [3.8, 4) is 0 Å². The van der Waals surface area contributed by atoms with Crippen molar-refractivity contribution in [1.82, 2.24) is 0 Å². The molecule has 0 rings (SSSR count). The second-order valence-electron chi connectivity index (χ2n) is 3.92. The highest BCUT2D eigenvalue weighted by Crippen LogP contribution is 2.00. The topological polar surface area (TPSA) is 70.5 Å². The fraction of sp³-hybridized carbons (Fsp3) is 1.00. The van der Waals surface area contributed by atoms with Crippen molar-refractivity contribution in [3.05, 3.63) is 0 Å². The SMILES string of the molecule is NCCCOCCCCCCOCCCN. The molecule has 0 unspecified atom stereocenters. The van der Waals surface area contributed by atoms with Crippen LogP contribution in [0.5, 0.6) is 0 Å². The molecule has 0 radical (unpaired) electrons. The molecule has 98 valence electrons. The van der Waals surface area contributed by atoms with E-state index in [0.717, 1.165) is 65.2 Å². The Hall–Kier alpha value is -0.160. The Morgan fingerprint density at radius 3 is 1.25 bits per heavy atom. The summed E-state index contributed by atoms with van der Waals surface area (Å²) < 4.78 is 10.8. The van der Waals surface area contributed by atoms with Gasteiger partial charge in [0.25, 0.3) is 0 Å². The van der Waals surface area contributed by atoms with Crippen LogP contribution in [0.4, 0.5) is 0 Å². The van der Waals surface area contributed by atoms with Gasteiger partial charge in [-0.25, -0.2) is 0 Å². The zero-order valence-corrected chi connectivity index (χ0v) is 10.5. The maximum Gasteiger partial charge on any atom is 0.0478 e. The third kappa shape index (κ3) is 13.8. The van der Waals surface area contributed by atoms with Gasteiger partial charge in [-0.2, -0.15) is 0 Å². The van der Waals surface area contributed by atoms with E-state index in [4.69, 9.17) is 20.9 Å². The standard InChI is InChI=1S/C12H28N2O2/c13-7-5-11-15-9-3-1-2-4-10-16-12-6-8-14/h1-14H2. The van der Waals surface area contributed by atoms with Gasteiger partial charge >= 0.3 is 0 Å². The molecule has 0 atom stereocenters. The lowest BCUT2D eigenvalue weighted by molar-refractivity contribution is 0.120. The molecule has 0 saturated carbocycles. The van der Waals surface area contributed by atoms with Crippen molar-refractivity contribution in [2.45, 2.75) is 38.5 Å². The number of hydrogen-bond acceptors (Lipinski definition) is 4. The Morgan fingerprint density at radius 2 is 0.875 bits per heavy atom. The molecule has 0 aromatic heterocycles. The van der Waals surface area contributed by atoms with Crippen LogP contribution in [-0.2, 0) is 9.47 Å². The van der Waals surface area contributed by atoms with Crippen molar-refractivity contribution < 1.29 is 9.47 Å². The van der Waals surface area contributed by atoms with Gasteiger partial charge in [0.05, 0.1) is 0 Å². The van der Waals surface area contributed by atoms with Crippen LogP contribution in [0.1, 0.15) is 38.5 Å². The molecule has 0 aromatic rings. The molecule has 0 saturated heterocycles. The molecule has 4 nitrogen and oxygen atoms in total. The number of ether oxygens (including phenoxy) is 2. The van der Waals surface area contributed by atoms with Crippen molar-refractivity contribution in [1.29, 1.82) is 0 Å². The van der Waals surface area contributed by atoms with Gasteiger partial charge in [0.1, 0.15) is 0 Å². The summed E-state index contributed by atoms with van der Waals surface area (Å²) in [6.07, 6.45) is 6.68. The average Bonchev–Trinajstić information content (AvgIpc) is 2.31. The first-order valence-corrected chi connectivity index (χ1v) is 6.47. The minimum atomic E-state index is 0.722. The van der Waals surface area contributed by atoms with E-state index >= 15 is 0 Å². The van der Waals surface area contributed by atoms with Crippen LogP contribution in [0.2, 0.25) is 0 Å². The quantitative estimate of drug-likeness (QED) is 0.469. The predicted molar refractivity (Wildman–Crippen MR) is 67.4 cm³/mol. The van der Waals surface area contributed by atoms with Crippen molar-refractivity contribution in [2.24, 2.45) is 11.5 Å². The number of hydrogen-bond donors (Lipinski definition) is 2. The van der Waals surface area contributed by atoms with Crippen molar-refractivity contribution in [2.75, 3.05) is 39.5 Å². The zero-order valence-electron chi connectivity index (χ0n) is 10.5. The van der Waals surface area contributed by atoms with E-state index in [1.54, 1.807) is 0 Å². The summed E-state index contributed by atoms with van der Waals surface area (Å²) in [5.41, 5.74) is 10.7. The molecule has 0 aromatic carbocycles. The van der Waals surface area contributed by atoms with Gasteiger partial charge in [-0.3, -0.25) is 0 Å². The summed E-state index contributed by atoms with van der Waals surface area (Å²) in [7, 11) is 0. The molecule has 16 heavy (non-hydrogen) atoms. The number of rotatable bonds is 13. The van der Waals surface area contributed by atoms with E-state index in [0.29, 0.717) is 0 Å². The summed E-state index contributed by atoms with van der Waals surface area (Å²) in [6, 6.07) is 0. The fourth-order valence-electron chi connectivity index (χ4n) is 1.34. The highest BCUT2D eigenvalue weighted by molar-refractivity contribution is 4.44. The number of nitrogens with two attached hydrogens (primary N) is 2. The van der Waals surface area contributed by atoms with Crippen LogP contribution >= 0.6 is 0 Å². The normalized spacial score (nSPS) is 10.9. The molecule has 0 aliphatic heterocycles. The second kappa shape index (κ2) is 14.8. The van der Waals surface area contributed by atoms with Gasteiger partial charge in [-0.15, -0.1) is 0 Å². The minimum absolute atomic E-state index is 0.722. The van der Waals surface area contributed by atoms with Crippen LogP contribution in [-0.4, -0.2) is 39.5 Å². The van der Waals surface area contributed by atoms with E-state index in [9.17, 15) is 0 Å². The van der Waals surface area contributed by atoms with E-state index in [2.05, 4.69) is 0 Å². The van der Waals surface area contributed by atoms with Crippen molar-refractivity contribution >= 4 is 0 Å². The Morgan fingerprint density at radius 1 is 0.500 bits per heavy atom. The molecular formula is C12H28N2O2. The Labute approximate surface area is 99.7 Å². The predicted octanol–water partition coefficient (Wildman–Crippen LogP) is 1.28. The molecular weight excluding hydrogens is 204 g/mol. The monoisotopic (exact) mass is 232 g/mol. The highest BCUT2D eigenvalue weighted by Gasteiger charge is 1.92. The fourth-order valence-corrected chi connectivity index (χ4v) is 1.34. The Bertz CT molecular complexity index is 110. The van der Waals surface area contributed by atoms with Gasteiger partial charge in [0.15, 0.2) is 0 Å². The second-order valence-corrected chi connectivity index (χ2v) is 3.92. The molecule has 4 heteroatoms. The lowest BCUT2D eigenvalue weighted by Crippen LogP contribution is -2.05.